The Balaban J connectivity index is 2.06. The van der Waals surface area contributed by atoms with Gasteiger partial charge in [-0.1, -0.05) is 6.92 Å². The topological polar surface area (TPSA) is 78.5 Å². The lowest BCUT2D eigenvalue weighted by Gasteiger charge is -2.34. The van der Waals surface area contributed by atoms with Gasteiger partial charge in [0.2, 0.25) is 10.0 Å². The summed E-state index contributed by atoms with van der Waals surface area (Å²) in [6.45, 7) is 6.10. The minimum Gasteiger partial charge on any atom is -0.333 e. The van der Waals surface area contributed by atoms with Crippen LogP contribution in [-0.4, -0.2) is 50.7 Å². The quantitative estimate of drug-likeness (QED) is 0.854. The number of carbonyl (C=O) groups excluding carboxylic acids is 1. The summed E-state index contributed by atoms with van der Waals surface area (Å²) in [7, 11) is -3.30. The van der Waals surface area contributed by atoms with E-state index in [1.807, 2.05) is 18.7 Å². The van der Waals surface area contributed by atoms with Crippen molar-refractivity contribution in [3.63, 3.8) is 0 Å². The van der Waals surface area contributed by atoms with Crippen LogP contribution < -0.4 is 10.0 Å². The number of benzene rings is 1. The van der Waals surface area contributed by atoms with Gasteiger partial charge in [0, 0.05) is 36.9 Å². The summed E-state index contributed by atoms with van der Waals surface area (Å²) in [6, 6.07) is 6.76. The fraction of sp³-hybridized carbons (Fsp3) is 0.533. The van der Waals surface area contributed by atoms with E-state index in [0.29, 0.717) is 24.2 Å². The van der Waals surface area contributed by atoms with Gasteiger partial charge in [-0.05, 0) is 37.6 Å². The van der Waals surface area contributed by atoms with Crippen LogP contribution in [-0.2, 0) is 10.0 Å². The van der Waals surface area contributed by atoms with E-state index < -0.39 is 10.0 Å². The second kappa shape index (κ2) is 7.11. The predicted octanol–water partition coefficient (Wildman–Crippen LogP) is 1.27. The zero-order valence-electron chi connectivity index (χ0n) is 13.0. The number of anilines is 1. The number of nitrogens with one attached hydrogen (secondary N) is 2. The first-order valence-corrected chi connectivity index (χ1v) is 9.20. The molecule has 2 rings (SSSR count). The van der Waals surface area contributed by atoms with Gasteiger partial charge in [-0.3, -0.25) is 9.52 Å². The lowest BCUT2D eigenvalue weighted by Crippen LogP contribution is -2.52. The molecule has 7 heteroatoms. The first-order chi connectivity index (χ1) is 10.4. The average Bonchev–Trinajstić information content (AvgIpc) is 2.47. The minimum absolute atomic E-state index is 0.0167. The fourth-order valence-corrected chi connectivity index (χ4v) is 3.62. The van der Waals surface area contributed by atoms with Gasteiger partial charge in [-0.25, -0.2) is 8.42 Å². The Morgan fingerprint density at radius 3 is 2.64 bits per heavy atom. The van der Waals surface area contributed by atoms with Crippen LogP contribution in [0.15, 0.2) is 24.3 Å². The summed E-state index contributed by atoms with van der Waals surface area (Å²) in [5, 5.41) is 3.25. The van der Waals surface area contributed by atoms with Crippen molar-refractivity contribution in [3.05, 3.63) is 29.8 Å². The molecule has 1 aliphatic rings. The van der Waals surface area contributed by atoms with Crippen LogP contribution in [0.4, 0.5) is 5.69 Å². The smallest absolute Gasteiger partial charge is 0.254 e. The maximum Gasteiger partial charge on any atom is 0.254 e. The van der Waals surface area contributed by atoms with E-state index in [1.165, 1.54) is 0 Å². The van der Waals surface area contributed by atoms with Gasteiger partial charge in [-0.15, -0.1) is 0 Å². The minimum atomic E-state index is -3.30. The van der Waals surface area contributed by atoms with E-state index >= 15 is 0 Å². The number of carbonyl (C=O) groups is 1. The van der Waals surface area contributed by atoms with E-state index in [2.05, 4.69) is 10.0 Å². The van der Waals surface area contributed by atoms with Crippen LogP contribution in [0.1, 0.15) is 30.6 Å². The first-order valence-electron chi connectivity index (χ1n) is 7.55. The molecule has 1 heterocycles. The van der Waals surface area contributed by atoms with Crippen molar-refractivity contribution in [2.45, 2.75) is 26.3 Å². The van der Waals surface area contributed by atoms with Crippen LogP contribution in [0.2, 0.25) is 0 Å². The van der Waals surface area contributed by atoms with Gasteiger partial charge in [0.15, 0.2) is 0 Å². The fourth-order valence-electron chi connectivity index (χ4n) is 2.49. The molecule has 6 nitrogen and oxygen atoms in total. The summed E-state index contributed by atoms with van der Waals surface area (Å²) in [6.07, 6.45) is 0.562. The molecule has 22 heavy (non-hydrogen) atoms. The predicted molar refractivity (Wildman–Crippen MR) is 87.5 cm³/mol. The van der Waals surface area contributed by atoms with Crippen molar-refractivity contribution in [2.24, 2.45) is 0 Å². The van der Waals surface area contributed by atoms with Gasteiger partial charge in [0.05, 0.1) is 5.75 Å². The van der Waals surface area contributed by atoms with E-state index in [1.54, 1.807) is 24.3 Å². The summed E-state index contributed by atoms with van der Waals surface area (Å²) >= 11 is 0. The standard InChI is InChI=1S/C15H23N3O3S/c1-3-10-22(20,21)17-14-6-4-13(5-7-14)15(19)18-9-8-16-11-12(18)2/h4-7,12,16-17H,3,8-11H2,1-2H3/t12-/m1/s1. The van der Waals surface area contributed by atoms with E-state index in [9.17, 15) is 13.2 Å². The van der Waals surface area contributed by atoms with Crippen molar-refractivity contribution in [1.29, 1.82) is 0 Å². The molecule has 1 aromatic carbocycles. The van der Waals surface area contributed by atoms with Crippen molar-refractivity contribution < 1.29 is 13.2 Å². The number of rotatable bonds is 5. The number of hydrogen-bond donors (Lipinski definition) is 2. The van der Waals surface area contributed by atoms with Crippen molar-refractivity contribution in [1.82, 2.24) is 10.2 Å². The van der Waals surface area contributed by atoms with Crippen LogP contribution >= 0.6 is 0 Å². The number of sulfonamides is 1. The molecule has 1 amide bonds. The molecular weight excluding hydrogens is 302 g/mol. The zero-order chi connectivity index (χ0) is 16.2. The second-order valence-corrected chi connectivity index (χ2v) is 7.39. The van der Waals surface area contributed by atoms with E-state index in [-0.39, 0.29) is 17.7 Å². The lowest BCUT2D eigenvalue weighted by atomic mass is 10.1. The molecule has 1 aromatic rings. The molecule has 0 aliphatic carbocycles. The molecule has 0 unspecified atom stereocenters. The Morgan fingerprint density at radius 1 is 1.36 bits per heavy atom. The molecule has 0 saturated carbocycles. The molecule has 0 bridgehead atoms. The molecule has 0 spiro atoms. The maximum absolute atomic E-state index is 12.5. The highest BCUT2D eigenvalue weighted by atomic mass is 32.2. The van der Waals surface area contributed by atoms with E-state index in [0.717, 1.165) is 13.1 Å². The molecule has 0 aromatic heterocycles. The molecule has 1 fully saturated rings. The Bertz CT molecular complexity index is 613. The normalized spacial score (nSPS) is 19.0. The first kappa shape index (κ1) is 16.8. The SMILES string of the molecule is CCCS(=O)(=O)Nc1ccc(C(=O)N2CCNC[C@H]2C)cc1. The monoisotopic (exact) mass is 325 g/mol. The Morgan fingerprint density at radius 2 is 2.05 bits per heavy atom. The number of hydrogen-bond acceptors (Lipinski definition) is 4. The van der Waals surface area contributed by atoms with Crippen LogP contribution in [0.5, 0.6) is 0 Å². The number of amides is 1. The average molecular weight is 325 g/mol. The third kappa shape index (κ3) is 4.20. The Hall–Kier alpha value is -1.60. The molecule has 122 valence electrons. The van der Waals surface area contributed by atoms with Gasteiger partial charge in [0.25, 0.3) is 5.91 Å². The second-order valence-electron chi connectivity index (χ2n) is 5.55. The van der Waals surface area contributed by atoms with Crippen LogP contribution in [0.3, 0.4) is 0 Å². The van der Waals surface area contributed by atoms with Gasteiger partial charge < -0.3 is 10.2 Å². The van der Waals surface area contributed by atoms with Gasteiger partial charge >= 0.3 is 0 Å². The molecular formula is C15H23N3O3S. The van der Waals surface area contributed by atoms with Crippen LogP contribution in [0.25, 0.3) is 0 Å². The zero-order valence-corrected chi connectivity index (χ0v) is 13.8. The molecule has 1 atom stereocenters. The van der Waals surface area contributed by atoms with Crippen molar-refractivity contribution in [2.75, 3.05) is 30.1 Å². The third-order valence-corrected chi connectivity index (χ3v) is 5.13. The van der Waals surface area contributed by atoms with E-state index in [4.69, 9.17) is 0 Å². The Labute approximate surface area is 131 Å². The number of nitrogens with zero attached hydrogens (tertiary/aromatic N) is 1. The molecule has 1 aliphatic heterocycles. The van der Waals surface area contributed by atoms with Crippen molar-refractivity contribution in [3.8, 4) is 0 Å². The van der Waals surface area contributed by atoms with Gasteiger partial charge in [0.1, 0.15) is 0 Å². The summed E-state index contributed by atoms with van der Waals surface area (Å²) in [5.41, 5.74) is 1.06. The third-order valence-electron chi connectivity index (χ3n) is 3.64. The summed E-state index contributed by atoms with van der Waals surface area (Å²) < 4.78 is 25.9. The molecule has 2 N–H and O–H groups in total. The van der Waals surface area contributed by atoms with Crippen LogP contribution in [0, 0.1) is 0 Å². The largest absolute Gasteiger partial charge is 0.333 e. The van der Waals surface area contributed by atoms with Crippen molar-refractivity contribution >= 4 is 21.6 Å². The highest BCUT2D eigenvalue weighted by Gasteiger charge is 2.23. The maximum atomic E-state index is 12.5. The van der Waals surface area contributed by atoms with Gasteiger partial charge in [-0.2, -0.15) is 0 Å². The number of piperazine rings is 1. The summed E-state index contributed by atoms with van der Waals surface area (Å²) in [4.78, 5) is 14.3. The molecule has 0 radical (unpaired) electrons. The summed E-state index contributed by atoms with van der Waals surface area (Å²) in [5.74, 6) is 0.0726. The Kier molecular flexibility index (Phi) is 5.42. The highest BCUT2D eigenvalue weighted by molar-refractivity contribution is 7.92. The lowest BCUT2D eigenvalue weighted by molar-refractivity contribution is 0.0656. The highest BCUT2D eigenvalue weighted by Crippen LogP contribution is 2.15. The molecule has 1 saturated heterocycles.